The van der Waals surface area contributed by atoms with Crippen molar-refractivity contribution in [2.45, 2.75) is 43.8 Å². The van der Waals surface area contributed by atoms with Crippen LogP contribution in [-0.2, 0) is 0 Å². The Morgan fingerprint density at radius 2 is 1.85 bits per heavy atom. The molecule has 20 heavy (non-hydrogen) atoms. The second kappa shape index (κ2) is 5.27. The van der Waals surface area contributed by atoms with E-state index >= 15 is 4.39 Å². The van der Waals surface area contributed by atoms with Gasteiger partial charge in [-0.2, -0.15) is 5.10 Å². The molecule has 1 heterocycles. The average Bonchev–Trinajstić information content (AvgIpc) is 2.87. The minimum Gasteiger partial charge on any atom is -0.396 e. The van der Waals surface area contributed by atoms with Gasteiger partial charge in [-0.15, -0.1) is 0 Å². The van der Waals surface area contributed by atoms with Crippen LogP contribution >= 0.6 is 0 Å². The molecule has 1 saturated carbocycles. The molecule has 0 bridgehead atoms. The summed E-state index contributed by atoms with van der Waals surface area (Å²) < 4.78 is 17.2. The van der Waals surface area contributed by atoms with Crippen molar-refractivity contribution in [1.82, 2.24) is 9.78 Å². The standard InChI is InChI=1S/C16H20FN3/c17-16(9-5-2-6-10-16)15(13-7-3-1-4-8-13)20-12-14(18)11-19-20/h1,3-4,7-8,11-12,15H,2,5-6,9-10,18H2. The van der Waals surface area contributed by atoms with Crippen molar-refractivity contribution < 1.29 is 4.39 Å². The van der Waals surface area contributed by atoms with Crippen molar-refractivity contribution >= 4 is 5.69 Å². The molecule has 1 atom stereocenters. The highest BCUT2D eigenvalue weighted by atomic mass is 19.1. The second-order valence-corrected chi connectivity index (χ2v) is 5.66. The minimum atomic E-state index is -1.24. The third-order valence-corrected chi connectivity index (χ3v) is 4.18. The Morgan fingerprint density at radius 1 is 1.15 bits per heavy atom. The number of alkyl halides is 1. The van der Waals surface area contributed by atoms with Crippen molar-refractivity contribution in [3.63, 3.8) is 0 Å². The summed E-state index contributed by atoms with van der Waals surface area (Å²) in [6.45, 7) is 0. The molecule has 1 aliphatic rings. The van der Waals surface area contributed by atoms with E-state index in [0.717, 1.165) is 24.8 Å². The maximum atomic E-state index is 15.5. The van der Waals surface area contributed by atoms with Crippen LogP contribution in [0.15, 0.2) is 42.7 Å². The number of benzene rings is 1. The van der Waals surface area contributed by atoms with Gasteiger partial charge in [0, 0.05) is 6.20 Å². The number of nitrogens with two attached hydrogens (primary N) is 1. The zero-order valence-corrected chi connectivity index (χ0v) is 11.5. The summed E-state index contributed by atoms with van der Waals surface area (Å²) in [4.78, 5) is 0. The van der Waals surface area contributed by atoms with E-state index in [4.69, 9.17) is 5.73 Å². The molecule has 0 spiro atoms. The predicted octanol–water partition coefficient (Wildman–Crippen LogP) is 3.73. The fourth-order valence-corrected chi connectivity index (χ4v) is 3.23. The Labute approximate surface area is 118 Å². The average molecular weight is 273 g/mol. The molecule has 3 rings (SSSR count). The molecule has 0 aliphatic heterocycles. The summed E-state index contributed by atoms with van der Waals surface area (Å²) in [5, 5.41) is 4.26. The number of nitrogens with zero attached hydrogens (tertiary/aromatic N) is 2. The van der Waals surface area contributed by atoms with E-state index in [1.807, 2.05) is 30.3 Å². The summed E-state index contributed by atoms with van der Waals surface area (Å²) in [6.07, 6.45) is 7.50. The molecule has 1 fully saturated rings. The Bertz CT molecular complexity index is 558. The van der Waals surface area contributed by atoms with Crippen molar-refractivity contribution in [2.24, 2.45) is 0 Å². The van der Waals surface area contributed by atoms with E-state index in [-0.39, 0.29) is 6.04 Å². The van der Waals surface area contributed by atoms with Crippen LogP contribution in [0.5, 0.6) is 0 Å². The lowest BCUT2D eigenvalue weighted by atomic mass is 9.78. The number of rotatable bonds is 3. The first-order valence-electron chi connectivity index (χ1n) is 7.22. The highest BCUT2D eigenvalue weighted by Crippen LogP contribution is 2.43. The fraction of sp³-hybridized carbons (Fsp3) is 0.438. The first-order chi connectivity index (χ1) is 9.69. The maximum absolute atomic E-state index is 15.5. The molecule has 4 heteroatoms. The van der Waals surface area contributed by atoms with Gasteiger partial charge in [-0.1, -0.05) is 49.6 Å². The summed E-state index contributed by atoms with van der Waals surface area (Å²) in [5.41, 5.74) is 6.06. The normalized spacial score (nSPS) is 19.6. The van der Waals surface area contributed by atoms with E-state index in [9.17, 15) is 0 Å². The van der Waals surface area contributed by atoms with Crippen molar-refractivity contribution in [1.29, 1.82) is 0 Å². The van der Waals surface area contributed by atoms with Gasteiger partial charge in [0.2, 0.25) is 0 Å². The van der Waals surface area contributed by atoms with Crippen molar-refractivity contribution in [3.8, 4) is 0 Å². The number of hydrogen-bond donors (Lipinski definition) is 1. The van der Waals surface area contributed by atoms with Crippen LogP contribution in [0.3, 0.4) is 0 Å². The SMILES string of the molecule is Nc1cnn(C(c2ccccc2)C2(F)CCCCC2)c1. The molecule has 2 aromatic rings. The van der Waals surface area contributed by atoms with E-state index in [2.05, 4.69) is 5.10 Å². The molecule has 0 amide bonds. The van der Waals surface area contributed by atoms with Crippen LogP contribution in [0.25, 0.3) is 0 Å². The Balaban J connectivity index is 2.03. The van der Waals surface area contributed by atoms with Gasteiger partial charge in [0.25, 0.3) is 0 Å². The first-order valence-corrected chi connectivity index (χ1v) is 7.22. The maximum Gasteiger partial charge on any atom is 0.137 e. The number of hydrogen-bond acceptors (Lipinski definition) is 2. The van der Waals surface area contributed by atoms with Gasteiger partial charge < -0.3 is 5.73 Å². The highest BCUT2D eigenvalue weighted by Gasteiger charge is 2.42. The van der Waals surface area contributed by atoms with E-state index in [0.29, 0.717) is 18.5 Å². The van der Waals surface area contributed by atoms with Crippen molar-refractivity contribution in [2.75, 3.05) is 5.73 Å². The van der Waals surface area contributed by atoms with E-state index in [1.54, 1.807) is 17.1 Å². The minimum absolute atomic E-state index is 0.388. The second-order valence-electron chi connectivity index (χ2n) is 5.66. The molecule has 0 saturated heterocycles. The summed E-state index contributed by atoms with van der Waals surface area (Å²) in [5.74, 6) is 0. The van der Waals surface area contributed by atoms with Gasteiger partial charge >= 0.3 is 0 Å². The molecule has 106 valence electrons. The fourth-order valence-electron chi connectivity index (χ4n) is 3.23. The Kier molecular flexibility index (Phi) is 3.47. The van der Waals surface area contributed by atoms with Gasteiger partial charge in [-0.3, -0.25) is 4.68 Å². The number of aromatic nitrogens is 2. The van der Waals surface area contributed by atoms with Crippen LogP contribution in [-0.4, -0.2) is 15.4 Å². The lowest BCUT2D eigenvalue weighted by molar-refractivity contribution is 0.0563. The van der Waals surface area contributed by atoms with Gasteiger partial charge in [-0.05, 0) is 18.4 Å². The van der Waals surface area contributed by atoms with Gasteiger partial charge in [0.15, 0.2) is 0 Å². The number of anilines is 1. The molecule has 1 aromatic carbocycles. The lowest BCUT2D eigenvalue weighted by Gasteiger charge is -2.37. The smallest absolute Gasteiger partial charge is 0.137 e. The van der Waals surface area contributed by atoms with Crippen LogP contribution in [0.1, 0.15) is 43.7 Å². The monoisotopic (exact) mass is 273 g/mol. The molecule has 0 radical (unpaired) electrons. The van der Waals surface area contributed by atoms with E-state index in [1.165, 1.54) is 0 Å². The molecular weight excluding hydrogens is 253 g/mol. The third-order valence-electron chi connectivity index (χ3n) is 4.18. The van der Waals surface area contributed by atoms with Gasteiger partial charge in [-0.25, -0.2) is 4.39 Å². The number of nitrogen functional groups attached to an aromatic ring is 1. The molecular formula is C16H20FN3. The summed E-state index contributed by atoms with van der Waals surface area (Å²) in [6, 6.07) is 9.39. The zero-order chi connectivity index (χ0) is 14.0. The lowest BCUT2D eigenvalue weighted by Crippen LogP contribution is -2.38. The zero-order valence-electron chi connectivity index (χ0n) is 11.5. The highest BCUT2D eigenvalue weighted by molar-refractivity contribution is 5.33. The first kappa shape index (κ1) is 13.2. The Morgan fingerprint density at radius 3 is 2.45 bits per heavy atom. The van der Waals surface area contributed by atoms with Crippen LogP contribution in [0.4, 0.5) is 10.1 Å². The largest absolute Gasteiger partial charge is 0.396 e. The Hall–Kier alpha value is -1.84. The molecule has 3 nitrogen and oxygen atoms in total. The third kappa shape index (κ3) is 2.42. The topological polar surface area (TPSA) is 43.8 Å². The molecule has 1 aliphatic carbocycles. The molecule has 2 N–H and O–H groups in total. The summed E-state index contributed by atoms with van der Waals surface area (Å²) >= 11 is 0. The van der Waals surface area contributed by atoms with Crippen LogP contribution in [0.2, 0.25) is 0 Å². The van der Waals surface area contributed by atoms with Gasteiger partial charge in [0.05, 0.1) is 11.9 Å². The summed E-state index contributed by atoms with van der Waals surface area (Å²) in [7, 11) is 0. The molecule has 1 unspecified atom stereocenters. The van der Waals surface area contributed by atoms with Crippen LogP contribution < -0.4 is 5.73 Å². The molecule has 1 aromatic heterocycles. The quantitative estimate of drug-likeness (QED) is 0.926. The van der Waals surface area contributed by atoms with Crippen LogP contribution in [0, 0.1) is 0 Å². The van der Waals surface area contributed by atoms with E-state index < -0.39 is 5.67 Å². The van der Waals surface area contributed by atoms with Gasteiger partial charge in [0.1, 0.15) is 11.7 Å². The van der Waals surface area contributed by atoms with Crippen molar-refractivity contribution in [3.05, 3.63) is 48.3 Å². The predicted molar refractivity (Wildman–Crippen MR) is 78.1 cm³/mol. The number of halogens is 1.